The van der Waals surface area contributed by atoms with Crippen molar-refractivity contribution in [2.45, 2.75) is 32.5 Å². The van der Waals surface area contributed by atoms with Crippen LogP contribution in [0.5, 0.6) is 5.75 Å². The van der Waals surface area contributed by atoms with Crippen LogP contribution < -0.4 is 4.74 Å². The zero-order valence-corrected chi connectivity index (χ0v) is 13.8. The summed E-state index contributed by atoms with van der Waals surface area (Å²) in [6.07, 6.45) is -3.00. The van der Waals surface area contributed by atoms with Crippen molar-refractivity contribution in [1.29, 1.82) is 0 Å². The first-order valence-electron chi connectivity index (χ1n) is 8.16. The Kier molecular flexibility index (Phi) is 6.48. The zero-order chi connectivity index (χ0) is 17.6. The SMILES string of the molecule is CCC(=O)N1CCCN(Cc2ccccc2OCC(F)(F)F)CC1. The standard InChI is InChI=1S/C17H23F3N2O2/c1-2-16(23)22-9-5-8-21(10-11-22)12-14-6-3-4-7-15(14)24-13-17(18,19)20/h3-4,6-7H,2,5,8-13H2,1H3. The minimum atomic E-state index is -4.35. The van der Waals surface area contributed by atoms with Crippen LogP contribution in [0.25, 0.3) is 0 Å². The van der Waals surface area contributed by atoms with Crippen LogP contribution >= 0.6 is 0 Å². The van der Waals surface area contributed by atoms with E-state index in [1.54, 1.807) is 24.3 Å². The Morgan fingerprint density at radius 2 is 1.92 bits per heavy atom. The number of amides is 1. The number of para-hydroxylation sites is 1. The van der Waals surface area contributed by atoms with Crippen molar-refractivity contribution < 1.29 is 22.7 Å². The Morgan fingerprint density at radius 3 is 2.62 bits per heavy atom. The second kappa shape index (κ2) is 8.37. The van der Waals surface area contributed by atoms with Crippen molar-refractivity contribution in [1.82, 2.24) is 9.80 Å². The third-order valence-electron chi connectivity index (χ3n) is 4.00. The Balaban J connectivity index is 1.97. The van der Waals surface area contributed by atoms with Crippen molar-refractivity contribution in [2.75, 3.05) is 32.8 Å². The van der Waals surface area contributed by atoms with Gasteiger partial charge in [-0.25, -0.2) is 0 Å². The molecule has 1 fully saturated rings. The van der Waals surface area contributed by atoms with Gasteiger partial charge in [0.1, 0.15) is 5.75 Å². The lowest BCUT2D eigenvalue weighted by Gasteiger charge is -2.23. The van der Waals surface area contributed by atoms with Crippen LogP contribution in [-0.4, -0.2) is 54.7 Å². The Bertz CT molecular complexity index is 549. The molecular weight excluding hydrogens is 321 g/mol. The quantitative estimate of drug-likeness (QED) is 0.823. The number of benzene rings is 1. The lowest BCUT2D eigenvalue weighted by molar-refractivity contribution is -0.153. The first-order chi connectivity index (χ1) is 11.4. The van der Waals surface area contributed by atoms with Gasteiger partial charge in [-0.2, -0.15) is 13.2 Å². The maximum absolute atomic E-state index is 12.4. The molecule has 0 atom stereocenters. The Hall–Kier alpha value is -1.76. The van der Waals surface area contributed by atoms with E-state index in [-0.39, 0.29) is 11.7 Å². The summed E-state index contributed by atoms with van der Waals surface area (Å²) in [5, 5.41) is 0. The molecular formula is C17H23F3N2O2. The average Bonchev–Trinajstić information content (AvgIpc) is 2.78. The maximum Gasteiger partial charge on any atom is 0.422 e. The summed E-state index contributed by atoms with van der Waals surface area (Å²) < 4.78 is 42.0. The summed E-state index contributed by atoms with van der Waals surface area (Å²) in [6, 6.07) is 6.80. The fourth-order valence-corrected chi connectivity index (χ4v) is 2.78. The number of hydrogen-bond donors (Lipinski definition) is 0. The van der Waals surface area contributed by atoms with Crippen molar-refractivity contribution in [2.24, 2.45) is 0 Å². The topological polar surface area (TPSA) is 32.8 Å². The van der Waals surface area contributed by atoms with Gasteiger partial charge < -0.3 is 9.64 Å². The number of rotatable bonds is 5. The highest BCUT2D eigenvalue weighted by molar-refractivity contribution is 5.75. The van der Waals surface area contributed by atoms with Crippen LogP contribution in [0.3, 0.4) is 0 Å². The van der Waals surface area contributed by atoms with Crippen LogP contribution in [0.15, 0.2) is 24.3 Å². The van der Waals surface area contributed by atoms with E-state index in [9.17, 15) is 18.0 Å². The van der Waals surface area contributed by atoms with Gasteiger partial charge in [0.25, 0.3) is 0 Å². The van der Waals surface area contributed by atoms with Crippen LogP contribution in [-0.2, 0) is 11.3 Å². The summed E-state index contributed by atoms with van der Waals surface area (Å²) in [4.78, 5) is 15.8. The molecule has 0 unspecified atom stereocenters. The van der Waals surface area contributed by atoms with Gasteiger partial charge in [0.05, 0.1) is 0 Å². The Morgan fingerprint density at radius 1 is 1.17 bits per heavy atom. The molecule has 1 amide bonds. The molecule has 24 heavy (non-hydrogen) atoms. The van der Waals surface area contributed by atoms with E-state index in [0.717, 1.165) is 25.1 Å². The smallest absolute Gasteiger partial charge is 0.422 e. The lowest BCUT2D eigenvalue weighted by Crippen LogP contribution is -2.34. The first kappa shape index (κ1) is 18.6. The molecule has 0 aliphatic carbocycles. The lowest BCUT2D eigenvalue weighted by atomic mass is 10.2. The molecule has 1 aliphatic heterocycles. The van der Waals surface area contributed by atoms with Gasteiger partial charge in [-0.1, -0.05) is 25.1 Å². The van der Waals surface area contributed by atoms with Crippen molar-refractivity contribution in [3.05, 3.63) is 29.8 Å². The van der Waals surface area contributed by atoms with Gasteiger partial charge in [0, 0.05) is 44.7 Å². The molecule has 0 radical (unpaired) electrons. The number of carbonyl (C=O) groups excluding carboxylic acids is 1. The highest BCUT2D eigenvalue weighted by atomic mass is 19.4. The van der Waals surface area contributed by atoms with E-state index in [1.165, 1.54) is 0 Å². The largest absolute Gasteiger partial charge is 0.484 e. The molecule has 1 saturated heterocycles. The number of ether oxygens (including phenoxy) is 1. The molecule has 0 bridgehead atoms. The second-order valence-corrected chi connectivity index (χ2v) is 5.88. The van der Waals surface area contributed by atoms with Crippen LogP contribution in [0.2, 0.25) is 0 Å². The van der Waals surface area contributed by atoms with E-state index in [4.69, 9.17) is 4.74 Å². The normalized spacial score (nSPS) is 16.8. The monoisotopic (exact) mass is 344 g/mol. The van der Waals surface area contributed by atoms with Crippen molar-refractivity contribution in [3.8, 4) is 5.75 Å². The van der Waals surface area contributed by atoms with E-state index >= 15 is 0 Å². The second-order valence-electron chi connectivity index (χ2n) is 5.88. The summed E-state index contributed by atoms with van der Waals surface area (Å²) >= 11 is 0. The molecule has 0 saturated carbocycles. The predicted octanol–water partition coefficient (Wildman–Crippen LogP) is 3.07. The predicted molar refractivity (Wildman–Crippen MR) is 84.8 cm³/mol. The fraction of sp³-hybridized carbons (Fsp3) is 0.588. The van der Waals surface area contributed by atoms with Crippen molar-refractivity contribution in [3.63, 3.8) is 0 Å². The van der Waals surface area contributed by atoms with Gasteiger partial charge in [-0.15, -0.1) is 0 Å². The molecule has 7 heteroatoms. The van der Waals surface area contributed by atoms with Gasteiger partial charge in [-0.05, 0) is 12.5 Å². The summed E-state index contributed by atoms with van der Waals surface area (Å²) in [6.45, 7) is 3.97. The van der Waals surface area contributed by atoms with E-state index in [0.29, 0.717) is 26.1 Å². The molecule has 1 aromatic rings. The third kappa shape index (κ3) is 5.70. The fourth-order valence-electron chi connectivity index (χ4n) is 2.78. The molecule has 1 aromatic carbocycles. The number of halogens is 3. The highest BCUT2D eigenvalue weighted by Gasteiger charge is 2.29. The number of hydrogen-bond acceptors (Lipinski definition) is 3. The summed E-state index contributed by atoms with van der Waals surface area (Å²) in [5.74, 6) is 0.409. The molecule has 0 spiro atoms. The van der Waals surface area contributed by atoms with Gasteiger partial charge in [0.15, 0.2) is 6.61 Å². The molecule has 4 nitrogen and oxygen atoms in total. The molecule has 0 N–H and O–H groups in total. The summed E-state index contributed by atoms with van der Waals surface area (Å²) in [7, 11) is 0. The molecule has 0 aromatic heterocycles. The number of carbonyl (C=O) groups is 1. The van der Waals surface area contributed by atoms with Gasteiger partial charge in [-0.3, -0.25) is 9.69 Å². The maximum atomic E-state index is 12.4. The zero-order valence-electron chi connectivity index (χ0n) is 13.8. The van der Waals surface area contributed by atoms with Gasteiger partial charge in [0.2, 0.25) is 5.91 Å². The van der Waals surface area contributed by atoms with Gasteiger partial charge >= 0.3 is 6.18 Å². The molecule has 1 aliphatic rings. The van der Waals surface area contributed by atoms with Crippen LogP contribution in [0.4, 0.5) is 13.2 Å². The molecule has 2 rings (SSSR count). The Labute approximate surface area is 140 Å². The molecule has 1 heterocycles. The first-order valence-corrected chi connectivity index (χ1v) is 8.16. The number of alkyl halides is 3. The minimum Gasteiger partial charge on any atom is -0.484 e. The van der Waals surface area contributed by atoms with E-state index in [1.807, 2.05) is 11.8 Å². The minimum absolute atomic E-state index is 0.144. The number of nitrogens with zero attached hydrogens (tertiary/aromatic N) is 2. The highest BCUT2D eigenvalue weighted by Crippen LogP contribution is 2.23. The van der Waals surface area contributed by atoms with E-state index in [2.05, 4.69) is 4.90 Å². The third-order valence-corrected chi connectivity index (χ3v) is 4.00. The molecule has 134 valence electrons. The summed E-state index contributed by atoms with van der Waals surface area (Å²) in [5.41, 5.74) is 0.733. The van der Waals surface area contributed by atoms with Crippen LogP contribution in [0.1, 0.15) is 25.3 Å². The average molecular weight is 344 g/mol. The van der Waals surface area contributed by atoms with Crippen LogP contribution in [0, 0.1) is 0 Å². The van der Waals surface area contributed by atoms with Crippen molar-refractivity contribution >= 4 is 5.91 Å². The van der Waals surface area contributed by atoms with E-state index < -0.39 is 12.8 Å².